The maximum absolute atomic E-state index is 12.1. The van der Waals surface area contributed by atoms with Gasteiger partial charge in [0.15, 0.2) is 0 Å². The first kappa shape index (κ1) is 17.2. The highest BCUT2D eigenvalue weighted by atomic mass is 16.1. The molecule has 2 heteroatoms. The van der Waals surface area contributed by atoms with Crippen LogP contribution >= 0.6 is 0 Å². The third kappa shape index (κ3) is 4.45. The maximum atomic E-state index is 12.1. The molecule has 126 valence electrons. The van der Waals surface area contributed by atoms with Crippen LogP contribution in [0.25, 0.3) is 0 Å². The van der Waals surface area contributed by atoms with Crippen molar-refractivity contribution >= 4 is 11.6 Å². The lowest BCUT2D eigenvalue weighted by Crippen LogP contribution is -2.11. The topological polar surface area (TPSA) is 34.1 Å². The summed E-state index contributed by atoms with van der Waals surface area (Å²) >= 11 is 0. The molecule has 0 aliphatic heterocycles. The van der Waals surface area contributed by atoms with Crippen LogP contribution in [0.5, 0.6) is 0 Å². The number of hydrogen-bond acceptors (Lipinski definition) is 2. The Morgan fingerprint density at radius 2 is 1.60 bits per heavy atom. The van der Waals surface area contributed by atoms with Crippen molar-refractivity contribution < 1.29 is 9.59 Å². The van der Waals surface area contributed by atoms with Gasteiger partial charge in [-0.25, -0.2) is 0 Å². The molecular formula is C23H22O2. The van der Waals surface area contributed by atoms with Gasteiger partial charge in [0.2, 0.25) is 0 Å². The number of carbonyl (C=O) groups is 2. The molecule has 2 aromatic rings. The molecule has 2 nitrogen and oxygen atoms in total. The van der Waals surface area contributed by atoms with Crippen molar-refractivity contribution in [3.05, 3.63) is 70.8 Å². The molecule has 1 aliphatic rings. The Morgan fingerprint density at radius 1 is 0.920 bits per heavy atom. The minimum absolute atomic E-state index is 0.0776. The molecule has 0 saturated carbocycles. The summed E-state index contributed by atoms with van der Waals surface area (Å²) in [6.07, 6.45) is 2.92. The number of hydrogen-bond donors (Lipinski definition) is 0. The van der Waals surface area contributed by atoms with E-state index in [0.29, 0.717) is 19.3 Å². The summed E-state index contributed by atoms with van der Waals surface area (Å²) in [4.78, 5) is 23.2. The van der Waals surface area contributed by atoms with Gasteiger partial charge in [0.1, 0.15) is 11.6 Å². The van der Waals surface area contributed by atoms with Gasteiger partial charge in [-0.3, -0.25) is 4.79 Å². The largest absolute Gasteiger partial charge is 0.300 e. The van der Waals surface area contributed by atoms with Crippen molar-refractivity contribution in [2.45, 2.75) is 44.9 Å². The Labute approximate surface area is 149 Å². The van der Waals surface area contributed by atoms with Gasteiger partial charge in [0, 0.05) is 30.4 Å². The fourth-order valence-corrected chi connectivity index (χ4v) is 3.33. The van der Waals surface area contributed by atoms with Crippen LogP contribution in [0.15, 0.2) is 48.5 Å². The summed E-state index contributed by atoms with van der Waals surface area (Å²) in [6.45, 7) is 1.54. The minimum Gasteiger partial charge on any atom is -0.300 e. The van der Waals surface area contributed by atoms with Gasteiger partial charge in [-0.05, 0) is 48.9 Å². The molecule has 3 rings (SSSR count). The summed E-state index contributed by atoms with van der Waals surface area (Å²) < 4.78 is 0. The van der Waals surface area contributed by atoms with Gasteiger partial charge in [0.05, 0.1) is 0 Å². The van der Waals surface area contributed by atoms with Gasteiger partial charge in [-0.15, -0.1) is 0 Å². The Hall–Kier alpha value is -2.66. The van der Waals surface area contributed by atoms with Crippen LogP contribution < -0.4 is 0 Å². The predicted octanol–water partition coefficient (Wildman–Crippen LogP) is 4.44. The molecule has 0 spiro atoms. The number of carbonyl (C=O) groups excluding carboxylic acids is 2. The van der Waals surface area contributed by atoms with E-state index >= 15 is 0 Å². The number of Topliss-reactive ketones (excluding diaryl/α,β-unsaturated/α-hetero) is 2. The van der Waals surface area contributed by atoms with Crippen molar-refractivity contribution in [2.24, 2.45) is 0 Å². The van der Waals surface area contributed by atoms with E-state index in [2.05, 4.69) is 36.1 Å². The molecule has 0 bridgehead atoms. The Bertz CT molecular complexity index is 852. The molecule has 0 radical (unpaired) electrons. The van der Waals surface area contributed by atoms with Crippen molar-refractivity contribution in [1.82, 2.24) is 0 Å². The number of benzene rings is 2. The van der Waals surface area contributed by atoms with E-state index in [1.54, 1.807) is 0 Å². The highest BCUT2D eigenvalue weighted by Gasteiger charge is 2.19. The fraction of sp³-hybridized carbons (Fsp3) is 0.304. The Kier molecular flexibility index (Phi) is 5.46. The second-order valence-electron chi connectivity index (χ2n) is 6.67. The van der Waals surface area contributed by atoms with E-state index in [9.17, 15) is 9.59 Å². The van der Waals surface area contributed by atoms with Gasteiger partial charge >= 0.3 is 0 Å². The summed E-state index contributed by atoms with van der Waals surface area (Å²) in [5, 5.41) is 0. The lowest BCUT2D eigenvalue weighted by atomic mass is 9.82. The summed E-state index contributed by atoms with van der Waals surface area (Å²) in [6, 6.07) is 16.5. The molecule has 0 heterocycles. The molecule has 0 amide bonds. The average Bonchev–Trinajstić information content (AvgIpc) is 2.61. The highest BCUT2D eigenvalue weighted by molar-refractivity contribution is 5.84. The highest BCUT2D eigenvalue weighted by Crippen LogP contribution is 2.31. The number of ketones is 2. The van der Waals surface area contributed by atoms with Crippen LogP contribution in [0.1, 0.15) is 60.8 Å². The SMILES string of the molecule is CC(=O)CCC(=O)CCC1Cc2ccccc2C#Cc2ccccc21. The molecule has 0 saturated heterocycles. The first-order chi connectivity index (χ1) is 12.1. The van der Waals surface area contributed by atoms with Crippen LogP contribution in [0.4, 0.5) is 0 Å². The Balaban J connectivity index is 1.82. The van der Waals surface area contributed by atoms with E-state index in [-0.39, 0.29) is 17.5 Å². The van der Waals surface area contributed by atoms with Gasteiger partial charge in [-0.2, -0.15) is 0 Å². The first-order valence-corrected chi connectivity index (χ1v) is 8.83. The second kappa shape index (κ2) is 7.94. The van der Waals surface area contributed by atoms with E-state index in [1.165, 1.54) is 18.1 Å². The van der Waals surface area contributed by atoms with Crippen LogP contribution in [0, 0.1) is 11.8 Å². The lowest BCUT2D eigenvalue weighted by molar-refractivity contribution is -0.123. The van der Waals surface area contributed by atoms with Gasteiger partial charge in [-0.1, -0.05) is 48.2 Å². The van der Waals surface area contributed by atoms with Crippen LogP contribution in [-0.2, 0) is 16.0 Å². The molecule has 0 N–H and O–H groups in total. The quantitative estimate of drug-likeness (QED) is 0.734. The predicted molar refractivity (Wildman–Crippen MR) is 99.5 cm³/mol. The molecule has 2 aromatic carbocycles. The number of fused-ring (bicyclic) bond motifs is 2. The van der Waals surface area contributed by atoms with Crippen molar-refractivity contribution in [3.8, 4) is 11.8 Å². The molecule has 1 aliphatic carbocycles. The molecular weight excluding hydrogens is 308 g/mol. The molecule has 25 heavy (non-hydrogen) atoms. The molecule has 1 atom stereocenters. The minimum atomic E-state index is 0.0776. The van der Waals surface area contributed by atoms with E-state index in [1.807, 2.05) is 24.3 Å². The first-order valence-electron chi connectivity index (χ1n) is 8.83. The standard InChI is InChI=1S/C23H22O2/c1-17(24)10-14-22(25)15-13-21-16-20-8-3-2-6-18(20)11-12-19-7-4-5-9-23(19)21/h2-9,21H,10,13-16H2,1H3. The number of rotatable bonds is 6. The zero-order valence-corrected chi connectivity index (χ0v) is 14.5. The third-order valence-corrected chi connectivity index (χ3v) is 4.74. The van der Waals surface area contributed by atoms with E-state index in [0.717, 1.165) is 24.0 Å². The lowest BCUT2D eigenvalue weighted by Gasteiger charge is -2.21. The van der Waals surface area contributed by atoms with Crippen molar-refractivity contribution in [1.29, 1.82) is 0 Å². The monoisotopic (exact) mass is 330 g/mol. The summed E-state index contributed by atoms with van der Waals surface area (Å²) in [7, 11) is 0. The zero-order valence-electron chi connectivity index (χ0n) is 14.5. The van der Waals surface area contributed by atoms with Crippen molar-refractivity contribution in [3.63, 3.8) is 0 Å². The summed E-state index contributed by atoms with van der Waals surface area (Å²) in [5.74, 6) is 7.11. The molecule has 0 aromatic heterocycles. The van der Waals surface area contributed by atoms with Gasteiger partial charge in [0.25, 0.3) is 0 Å². The molecule has 1 unspecified atom stereocenters. The van der Waals surface area contributed by atoms with Crippen molar-refractivity contribution in [2.75, 3.05) is 0 Å². The van der Waals surface area contributed by atoms with E-state index in [4.69, 9.17) is 0 Å². The van der Waals surface area contributed by atoms with Crippen LogP contribution in [0.2, 0.25) is 0 Å². The zero-order chi connectivity index (χ0) is 17.6. The molecule has 0 fully saturated rings. The summed E-state index contributed by atoms with van der Waals surface area (Å²) in [5.41, 5.74) is 4.60. The average molecular weight is 330 g/mol. The van der Waals surface area contributed by atoms with Gasteiger partial charge < -0.3 is 4.79 Å². The van der Waals surface area contributed by atoms with Crippen LogP contribution in [-0.4, -0.2) is 11.6 Å². The van der Waals surface area contributed by atoms with E-state index < -0.39 is 0 Å². The van der Waals surface area contributed by atoms with Crippen LogP contribution in [0.3, 0.4) is 0 Å². The second-order valence-corrected chi connectivity index (χ2v) is 6.67. The normalized spacial score (nSPS) is 15.0. The smallest absolute Gasteiger partial charge is 0.133 e. The maximum Gasteiger partial charge on any atom is 0.133 e. The third-order valence-electron chi connectivity index (χ3n) is 4.74. The fourth-order valence-electron chi connectivity index (χ4n) is 3.33. The Morgan fingerprint density at radius 3 is 2.40 bits per heavy atom.